The summed E-state index contributed by atoms with van der Waals surface area (Å²) in [5.41, 5.74) is 6.81. The van der Waals surface area contributed by atoms with Crippen LogP contribution in [0.5, 0.6) is 11.5 Å². The summed E-state index contributed by atoms with van der Waals surface area (Å²) < 4.78 is 10.4. The summed E-state index contributed by atoms with van der Waals surface area (Å²) in [5.74, 6) is 1.53. The van der Waals surface area contributed by atoms with Gasteiger partial charge in [-0.15, -0.1) is 0 Å². The second kappa shape index (κ2) is 4.52. The predicted octanol–water partition coefficient (Wildman–Crippen LogP) is 1.30. The highest BCUT2D eigenvalue weighted by atomic mass is 32.2. The molecule has 2 rings (SSSR count). The van der Waals surface area contributed by atoms with E-state index in [0.717, 1.165) is 0 Å². The number of ether oxygens (including phenoxy) is 2. The van der Waals surface area contributed by atoms with E-state index in [1.54, 1.807) is 12.1 Å². The molecule has 5 nitrogen and oxygen atoms in total. The maximum Gasteiger partial charge on any atom is 0.234 e. The van der Waals surface area contributed by atoms with E-state index in [1.807, 2.05) is 6.26 Å². The lowest BCUT2D eigenvalue weighted by Gasteiger charge is -2.08. The highest BCUT2D eigenvalue weighted by Crippen LogP contribution is 2.38. The maximum atomic E-state index is 11.4. The Balaban J connectivity index is 2.18. The Morgan fingerprint density at radius 2 is 2.19 bits per heavy atom. The summed E-state index contributed by atoms with van der Waals surface area (Å²) in [5, 5.41) is 2.72. The fourth-order valence-electron chi connectivity index (χ4n) is 1.38. The van der Waals surface area contributed by atoms with E-state index >= 15 is 0 Å². The molecule has 1 heterocycles. The zero-order valence-corrected chi connectivity index (χ0v) is 9.60. The number of hydrogen-bond donors (Lipinski definition) is 2. The number of nitrogens with two attached hydrogens (primary N) is 1. The Labute approximate surface area is 97.3 Å². The highest BCUT2D eigenvalue weighted by Gasteiger charge is 2.16. The lowest BCUT2D eigenvalue weighted by Crippen LogP contribution is -2.14. The van der Waals surface area contributed by atoms with E-state index in [9.17, 15) is 4.79 Å². The lowest BCUT2D eigenvalue weighted by molar-refractivity contribution is -0.113. The van der Waals surface area contributed by atoms with Crippen molar-refractivity contribution in [1.29, 1.82) is 0 Å². The molecule has 0 saturated heterocycles. The first-order chi connectivity index (χ1) is 7.70. The molecule has 0 bridgehead atoms. The van der Waals surface area contributed by atoms with Crippen LogP contribution < -0.4 is 20.5 Å². The van der Waals surface area contributed by atoms with Crippen molar-refractivity contribution in [3.8, 4) is 11.5 Å². The van der Waals surface area contributed by atoms with Gasteiger partial charge in [0.2, 0.25) is 12.7 Å². The van der Waals surface area contributed by atoms with Crippen molar-refractivity contribution in [3.05, 3.63) is 12.1 Å². The van der Waals surface area contributed by atoms with Gasteiger partial charge in [-0.1, -0.05) is 0 Å². The SMILES string of the molecule is CSCC(=O)Nc1cc2c(cc1N)OCO2. The van der Waals surface area contributed by atoms with Gasteiger partial charge in [-0.25, -0.2) is 0 Å². The van der Waals surface area contributed by atoms with Crippen LogP contribution in [0.15, 0.2) is 12.1 Å². The minimum absolute atomic E-state index is 0.0851. The monoisotopic (exact) mass is 240 g/mol. The number of nitrogen functional groups attached to an aromatic ring is 1. The highest BCUT2D eigenvalue weighted by molar-refractivity contribution is 7.99. The molecular weight excluding hydrogens is 228 g/mol. The van der Waals surface area contributed by atoms with Gasteiger partial charge in [-0.05, 0) is 6.26 Å². The van der Waals surface area contributed by atoms with Crippen LogP contribution in [-0.2, 0) is 4.79 Å². The molecule has 1 amide bonds. The Kier molecular flexibility index (Phi) is 3.09. The lowest BCUT2D eigenvalue weighted by atomic mass is 10.2. The molecule has 0 spiro atoms. The molecular formula is C10H12N2O3S. The fraction of sp³-hybridized carbons (Fsp3) is 0.300. The van der Waals surface area contributed by atoms with E-state index in [-0.39, 0.29) is 12.7 Å². The number of hydrogen-bond acceptors (Lipinski definition) is 5. The first-order valence-electron chi connectivity index (χ1n) is 4.68. The van der Waals surface area contributed by atoms with E-state index in [2.05, 4.69) is 5.32 Å². The van der Waals surface area contributed by atoms with Crippen molar-refractivity contribution < 1.29 is 14.3 Å². The van der Waals surface area contributed by atoms with Gasteiger partial charge in [0.1, 0.15) is 0 Å². The molecule has 6 heteroatoms. The van der Waals surface area contributed by atoms with Crippen LogP contribution >= 0.6 is 11.8 Å². The molecule has 0 radical (unpaired) electrons. The van der Waals surface area contributed by atoms with Crippen LogP contribution in [0.3, 0.4) is 0 Å². The van der Waals surface area contributed by atoms with Crippen LogP contribution in [0.4, 0.5) is 11.4 Å². The smallest absolute Gasteiger partial charge is 0.234 e. The fourth-order valence-corrected chi connectivity index (χ4v) is 1.72. The van der Waals surface area contributed by atoms with Crippen molar-refractivity contribution in [1.82, 2.24) is 0 Å². The second-order valence-corrected chi connectivity index (χ2v) is 4.14. The largest absolute Gasteiger partial charge is 0.454 e. The third-order valence-corrected chi connectivity index (χ3v) is 2.65. The molecule has 0 aliphatic carbocycles. The number of rotatable bonds is 3. The first-order valence-corrected chi connectivity index (χ1v) is 6.08. The van der Waals surface area contributed by atoms with Gasteiger partial charge < -0.3 is 20.5 Å². The number of carbonyl (C=O) groups is 1. The molecule has 1 aliphatic heterocycles. The average molecular weight is 240 g/mol. The molecule has 0 atom stereocenters. The predicted molar refractivity (Wildman–Crippen MR) is 64.0 cm³/mol. The first kappa shape index (κ1) is 10.9. The third kappa shape index (κ3) is 2.16. The van der Waals surface area contributed by atoms with Gasteiger partial charge in [-0.3, -0.25) is 4.79 Å². The summed E-state index contributed by atoms with van der Waals surface area (Å²) in [6.07, 6.45) is 1.86. The number of carbonyl (C=O) groups excluding carboxylic acids is 1. The van der Waals surface area contributed by atoms with Crippen LogP contribution in [0.1, 0.15) is 0 Å². The second-order valence-electron chi connectivity index (χ2n) is 3.27. The number of fused-ring (bicyclic) bond motifs is 1. The molecule has 0 aromatic heterocycles. The van der Waals surface area contributed by atoms with E-state index in [1.165, 1.54) is 11.8 Å². The van der Waals surface area contributed by atoms with E-state index in [4.69, 9.17) is 15.2 Å². The van der Waals surface area contributed by atoms with E-state index < -0.39 is 0 Å². The molecule has 0 saturated carbocycles. The quantitative estimate of drug-likeness (QED) is 0.779. The molecule has 0 fully saturated rings. The van der Waals surface area contributed by atoms with Crippen LogP contribution in [0.25, 0.3) is 0 Å². The Morgan fingerprint density at radius 1 is 1.50 bits per heavy atom. The summed E-state index contributed by atoms with van der Waals surface area (Å²) in [6.45, 7) is 0.191. The van der Waals surface area contributed by atoms with Gasteiger partial charge in [0.25, 0.3) is 0 Å². The van der Waals surface area contributed by atoms with Crippen LogP contribution in [-0.4, -0.2) is 24.7 Å². The number of anilines is 2. The molecule has 16 heavy (non-hydrogen) atoms. The molecule has 1 aliphatic rings. The topological polar surface area (TPSA) is 73.6 Å². The summed E-state index contributed by atoms with van der Waals surface area (Å²) in [4.78, 5) is 11.4. The molecule has 86 valence electrons. The summed E-state index contributed by atoms with van der Waals surface area (Å²) in [6, 6.07) is 3.33. The van der Waals surface area contributed by atoms with Crippen molar-refractivity contribution in [3.63, 3.8) is 0 Å². The molecule has 0 unspecified atom stereocenters. The molecule has 1 aromatic carbocycles. The van der Waals surface area contributed by atoms with E-state index in [0.29, 0.717) is 28.6 Å². The number of amides is 1. The Bertz CT molecular complexity index is 423. The van der Waals surface area contributed by atoms with Crippen molar-refractivity contribution in [2.24, 2.45) is 0 Å². The van der Waals surface area contributed by atoms with Gasteiger partial charge in [-0.2, -0.15) is 11.8 Å². The minimum Gasteiger partial charge on any atom is -0.454 e. The Morgan fingerprint density at radius 3 is 2.88 bits per heavy atom. The summed E-state index contributed by atoms with van der Waals surface area (Å²) in [7, 11) is 0. The van der Waals surface area contributed by atoms with Crippen molar-refractivity contribution in [2.45, 2.75) is 0 Å². The van der Waals surface area contributed by atoms with Crippen molar-refractivity contribution >= 4 is 29.0 Å². The minimum atomic E-state index is -0.0851. The molecule has 1 aromatic rings. The van der Waals surface area contributed by atoms with Gasteiger partial charge >= 0.3 is 0 Å². The normalized spacial score (nSPS) is 12.6. The average Bonchev–Trinajstić information content (AvgIpc) is 2.65. The van der Waals surface area contributed by atoms with Crippen LogP contribution in [0, 0.1) is 0 Å². The Hall–Kier alpha value is -1.56. The van der Waals surface area contributed by atoms with Gasteiger partial charge in [0.15, 0.2) is 11.5 Å². The number of benzene rings is 1. The third-order valence-electron chi connectivity index (χ3n) is 2.09. The zero-order valence-electron chi connectivity index (χ0n) is 8.78. The van der Waals surface area contributed by atoms with Crippen molar-refractivity contribution in [2.75, 3.05) is 29.9 Å². The maximum absolute atomic E-state index is 11.4. The van der Waals surface area contributed by atoms with Gasteiger partial charge in [0.05, 0.1) is 17.1 Å². The van der Waals surface area contributed by atoms with Gasteiger partial charge in [0, 0.05) is 12.1 Å². The zero-order chi connectivity index (χ0) is 11.5. The number of thioether (sulfide) groups is 1. The number of nitrogens with one attached hydrogen (secondary N) is 1. The standard InChI is InChI=1S/C10H12N2O3S/c1-16-4-10(13)12-7-3-9-8(2-6(7)11)14-5-15-9/h2-3H,4-5,11H2,1H3,(H,12,13). The summed E-state index contributed by atoms with van der Waals surface area (Å²) >= 11 is 1.45. The molecule has 3 N–H and O–H groups in total. The van der Waals surface area contributed by atoms with Crippen LogP contribution in [0.2, 0.25) is 0 Å².